The zero-order valence-electron chi connectivity index (χ0n) is 20.6. The van der Waals surface area contributed by atoms with Gasteiger partial charge in [0.05, 0.1) is 11.1 Å². The number of anilines is 1. The van der Waals surface area contributed by atoms with Gasteiger partial charge in [-0.2, -0.15) is 0 Å². The highest BCUT2D eigenvalue weighted by Crippen LogP contribution is 2.62. The van der Waals surface area contributed by atoms with E-state index in [1.54, 1.807) is 25.9 Å². The molecule has 4 N–H and O–H groups in total. The highest BCUT2D eigenvalue weighted by molar-refractivity contribution is 6.25. The van der Waals surface area contributed by atoms with Gasteiger partial charge in [-0.05, 0) is 38.3 Å². The van der Waals surface area contributed by atoms with Crippen molar-refractivity contribution in [1.82, 2.24) is 0 Å². The molecule has 0 spiro atoms. The van der Waals surface area contributed by atoms with Crippen LogP contribution in [-0.4, -0.2) is 63.3 Å². The molecule has 4 rings (SSSR count). The smallest absolute Gasteiger partial charge is 0.209 e. The molecule has 3 aliphatic rings. The van der Waals surface area contributed by atoms with E-state index in [2.05, 4.69) is 0 Å². The topological polar surface area (TPSA) is 152 Å². The standard InChI is InChI=1S/C26H29NO8/c1-11(28)13-7-15(27(5)6)14-8-24(3)10-25(4)9-16(30)17(12(2)29)22(33)26(25,35)23(34)19(24)21(32)18(14)20(13)31/h7,30-31,34-35H,8-10H2,1-6H3/t24-,25+,26+/m0/s1. The van der Waals surface area contributed by atoms with Crippen LogP contribution in [0.4, 0.5) is 5.69 Å². The number of nitrogens with zero attached hydrogens (tertiary/aromatic N) is 1. The Balaban J connectivity index is 2.06. The van der Waals surface area contributed by atoms with Crippen molar-refractivity contribution in [2.45, 2.75) is 52.6 Å². The van der Waals surface area contributed by atoms with E-state index in [0.717, 1.165) is 6.92 Å². The molecule has 0 bridgehead atoms. The molecule has 9 heteroatoms. The third kappa shape index (κ3) is 2.97. The largest absolute Gasteiger partial charge is 0.511 e. The van der Waals surface area contributed by atoms with Crippen molar-refractivity contribution >= 4 is 28.8 Å². The van der Waals surface area contributed by atoms with Gasteiger partial charge in [-0.1, -0.05) is 13.8 Å². The van der Waals surface area contributed by atoms with Crippen molar-refractivity contribution < 1.29 is 39.6 Å². The molecule has 0 aliphatic heterocycles. The molecule has 35 heavy (non-hydrogen) atoms. The summed E-state index contributed by atoms with van der Waals surface area (Å²) in [5.41, 5.74) is -5.20. The summed E-state index contributed by atoms with van der Waals surface area (Å²) in [6, 6.07) is 1.51. The molecule has 0 saturated carbocycles. The Morgan fingerprint density at radius 3 is 2.11 bits per heavy atom. The first-order chi connectivity index (χ1) is 16.0. The van der Waals surface area contributed by atoms with Crippen molar-refractivity contribution in [3.8, 4) is 5.75 Å². The lowest BCUT2D eigenvalue weighted by atomic mass is 9.48. The molecule has 0 amide bonds. The van der Waals surface area contributed by atoms with E-state index in [1.165, 1.54) is 19.9 Å². The lowest BCUT2D eigenvalue weighted by Gasteiger charge is -2.56. The fourth-order valence-electron chi connectivity index (χ4n) is 6.37. The number of fused-ring (bicyclic) bond motifs is 3. The summed E-state index contributed by atoms with van der Waals surface area (Å²) in [4.78, 5) is 53.2. The average Bonchev–Trinajstić information content (AvgIpc) is 2.69. The fraction of sp³-hybridized carbons (Fsp3) is 0.462. The Labute approximate surface area is 202 Å². The first-order valence-corrected chi connectivity index (χ1v) is 11.3. The summed E-state index contributed by atoms with van der Waals surface area (Å²) in [7, 11) is 3.47. The summed E-state index contributed by atoms with van der Waals surface area (Å²) in [6.07, 6.45) is -0.0893. The van der Waals surface area contributed by atoms with E-state index in [0.29, 0.717) is 11.3 Å². The number of carbonyl (C=O) groups is 4. The van der Waals surface area contributed by atoms with Gasteiger partial charge in [0, 0.05) is 42.6 Å². The molecule has 1 aromatic rings. The molecule has 0 unspecified atom stereocenters. The van der Waals surface area contributed by atoms with E-state index >= 15 is 0 Å². The second kappa shape index (κ2) is 7.27. The van der Waals surface area contributed by atoms with E-state index in [-0.39, 0.29) is 36.0 Å². The molecule has 0 saturated heterocycles. The Hall–Kier alpha value is -3.46. The molecule has 0 aromatic heterocycles. The van der Waals surface area contributed by atoms with Crippen LogP contribution in [0, 0.1) is 10.8 Å². The van der Waals surface area contributed by atoms with E-state index in [4.69, 9.17) is 0 Å². The minimum atomic E-state index is -2.62. The molecule has 3 aliphatic carbocycles. The zero-order chi connectivity index (χ0) is 26.4. The monoisotopic (exact) mass is 483 g/mol. The van der Waals surface area contributed by atoms with Crippen LogP contribution in [0.5, 0.6) is 5.75 Å². The number of Topliss-reactive ketones (excluding diaryl/α,β-unsaturated/α-hetero) is 4. The van der Waals surface area contributed by atoms with Crippen molar-refractivity contribution in [2.24, 2.45) is 10.8 Å². The molecule has 3 atom stereocenters. The van der Waals surface area contributed by atoms with Crippen LogP contribution in [0.15, 0.2) is 28.7 Å². The van der Waals surface area contributed by atoms with Gasteiger partial charge in [0.2, 0.25) is 5.78 Å². The quantitative estimate of drug-likeness (QED) is 0.375. The summed E-state index contributed by atoms with van der Waals surface area (Å²) in [5, 5.41) is 44.5. The van der Waals surface area contributed by atoms with E-state index in [1.807, 2.05) is 0 Å². The summed E-state index contributed by atoms with van der Waals surface area (Å²) < 4.78 is 0. The normalized spacial score (nSPS) is 30.0. The van der Waals surface area contributed by atoms with Crippen LogP contribution < -0.4 is 4.90 Å². The number of carbonyl (C=O) groups excluding carboxylic acids is 4. The van der Waals surface area contributed by atoms with Crippen LogP contribution in [0.25, 0.3) is 0 Å². The van der Waals surface area contributed by atoms with Gasteiger partial charge in [-0.3, -0.25) is 19.2 Å². The Morgan fingerprint density at radius 1 is 1.00 bits per heavy atom. The summed E-state index contributed by atoms with van der Waals surface area (Å²) in [5.74, 6) is -5.08. The van der Waals surface area contributed by atoms with Crippen molar-refractivity contribution in [3.63, 3.8) is 0 Å². The number of rotatable bonds is 3. The molecule has 1 aromatic carbocycles. The molecular formula is C26H29NO8. The maximum atomic E-state index is 13.9. The minimum Gasteiger partial charge on any atom is -0.511 e. The van der Waals surface area contributed by atoms with Crippen LogP contribution >= 0.6 is 0 Å². The number of allylic oxidation sites excluding steroid dienone is 2. The van der Waals surface area contributed by atoms with E-state index < -0.39 is 62.4 Å². The van der Waals surface area contributed by atoms with Gasteiger partial charge in [0.25, 0.3) is 0 Å². The van der Waals surface area contributed by atoms with Gasteiger partial charge in [-0.15, -0.1) is 0 Å². The number of phenols is 1. The number of aliphatic hydroxyl groups is 3. The third-order valence-corrected chi connectivity index (χ3v) is 7.86. The van der Waals surface area contributed by atoms with Crippen molar-refractivity contribution in [2.75, 3.05) is 19.0 Å². The number of ketones is 4. The Morgan fingerprint density at radius 2 is 1.60 bits per heavy atom. The Kier molecular flexibility index (Phi) is 5.12. The van der Waals surface area contributed by atoms with Gasteiger partial charge in [0.15, 0.2) is 23.0 Å². The van der Waals surface area contributed by atoms with Crippen LogP contribution in [0.1, 0.15) is 66.8 Å². The SMILES string of the molecule is CC(=O)C1=C(O)C[C@]2(C)C[C@]3(C)Cc4c(N(C)C)cc(C(C)=O)c(O)c4C(=O)C3=C(O)[C@]2(O)C1=O. The maximum Gasteiger partial charge on any atom is 0.209 e. The molecule has 0 heterocycles. The Bertz CT molecular complexity index is 1320. The molecule has 0 radical (unpaired) electrons. The van der Waals surface area contributed by atoms with Gasteiger partial charge in [0.1, 0.15) is 22.8 Å². The third-order valence-electron chi connectivity index (χ3n) is 7.86. The zero-order valence-corrected chi connectivity index (χ0v) is 20.6. The predicted octanol–water partition coefficient (Wildman–Crippen LogP) is 2.73. The number of aromatic hydroxyl groups is 1. The average molecular weight is 484 g/mol. The number of benzene rings is 1. The van der Waals surface area contributed by atoms with Crippen LogP contribution in [-0.2, 0) is 16.0 Å². The van der Waals surface area contributed by atoms with E-state index in [9.17, 15) is 39.6 Å². The number of aliphatic hydroxyl groups excluding tert-OH is 2. The van der Waals surface area contributed by atoms with Gasteiger partial charge < -0.3 is 25.3 Å². The number of hydrogen-bond donors (Lipinski definition) is 4. The lowest BCUT2D eigenvalue weighted by molar-refractivity contribution is -0.158. The van der Waals surface area contributed by atoms with Crippen molar-refractivity contribution in [3.05, 3.63) is 45.4 Å². The minimum absolute atomic E-state index is 0.0180. The molecule has 186 valence electrons. The maximum absolute atomic E-state index is 13.9. The second-order valence-electron chi connectivity index (χ2n) is 10.7. The fourth-order valence-corrected chi connectivity index (χ4v) is 6.37. The van der Waals surface area contributed by atoms with Crippen molar-refractivity contribution in [1.29, 1.82) is 0 Å². The highest BCUT2D eigenvalue weighted by atomic mass is 16.3. The number of hydrogen-bond acceptors (Lipinski definition) is 9. The highest BCUT2D eigenvalue weighted by Gasteiger charge is 2.67. The first kappa shape index (κ1) is 24.7. The summed E-state index contributed by atoms with van der Waals surface area (Å²) >= 11 is 0. The lowest BCUT2D eigenvalue weighted by Crippen LogP contribution is -2.63. The van der Waals surface area contributed by atoms with Crippen LogP contribution in [0.2, 0.25) is 0 Å². The van der Waals surface area contributed by atoms with Gasteiger partial charge in [-0.25, -0.2) is 0 Å². The molecule has 9 nitrogen and oxygen atoms in total. The predicted molar refractivity (Wildman–Crippen MR) is 126 cm³/mol. The molecule has 0 fully saturated rings. The molecular weight excluding hydrogens is 454 g/mol. The van der Waals surface area contributed by atoms with Gasteiger partial charge >= 0.3 is 0 Å². The summed E-state index contributed by atoms with van der Waals surface area (Å²) in [6.45, 7) is 5.57. The first-order valence-electron chi connectivity index (χ1n) is 11.3. The van der Waals surface area contributed by atoms with Crippen LogP contribution in [0.3, 0.4) is 0 Å². The second-order valence-corrected chi connectivity index (χ2v) is 10.7. The number of phenolic OH excluding ortho intramolecular Hbond substituents is 1.